The van der Waals surface area contributed by atoms with Gasteiger partial charge in [-0.05, 0) is 45.5 Å². The average molecular weight is 358 g/mol. The fourth-order valence-corrected chi connectivity index (χ4v) is 3.37. The van der Waals surface area contributed by atoms with Crippen LogP contribution in [0.2, 0.25) is 0 Å². The number of halogens is 1. The van der Waals surface area contributed by atoms with Gasteiger partial charge in [0.2, 0.25) is 0 Å². The molecule has 3 aromatic rings. The van der Waals surface area contributed by atoms with Crippen LogP contribution in [0.1, 0.15) is 11.1 Å². The van der Waals surface area contributed by atoms with E-state index in [2.05, 4.69) is 77.2 Å². The highest BCUT2D eigenvalue weighted by atomic mass is 127. The molecule has 19 heavy (non-hydrogen) atoms. The van der Waals surface area contributed by atoms with Crippen molar-refractivity contribution < 1.29 is 4.74 Å². The van der Waals surface area contributed by atoms with Gasteiger partial charge in [0.05, 0.1) is 3.57 Å². The van der Waals surface area contributed by atoms with E-state index in [1.54, 1.807) is 0 Å². The van der Waals surface area contributed by atoms with E-state index in [1.807, 2.05) is 0 Å². The van der Waals surface area contributed by atoms with Crippen LogP contribution < -0.4 is 4.74 Å². The summed E-state index contributed by atoms with van der Waals surface area (Å²) in [7, 11) is 0. The maximum Gasteiger partial charge on any atom is 0.144 e. The van der Waals surface area contributed by atoms with Gasteiger partial charge in [0, 0.05) is 17.5 Å². The Morgan fingerprint density at radius 1 is 0.895 bits per heavy atom. The molecule has 0 bridgehead atoms. The molecule has 92 valence electrons. The molecule has 0 atom stereocenters. The molecule has 1 aliphatic rings. The Labute approximate surface area is 125 Å². The van der Waals surface area contributed by atoms with E-state index in [0.29, 0.717) is 0 Å². The molecule has 0 saturated heterocycles. The topological polar surface area (TPSA) is 9.23 Å². The third-order valence-electron chi connectivity index (χ3n) is 3.63. The lowest BCUT2D eigenvalue weighted by molar-refractivity contribution is 0.458. The van der Waals surface area contributed by atoms with E-state index in [4.69, 9.17) is 4.74 Å². The molecule has 0 spiro atoms. The number of para-hydroxylation sites is 1. The summed E-state index contributed by atoms with van der Waals surface area (Å²) in [5.41, 5.74) is 2.57. The van der Waals surface area contributed by atoms with E-state index >= 15 is 0 Å². The van der Waals surface area contributed by atoms with Crippen molar-refractivity contribution in [3.63, 3.8) is 0 Å². The first-order valence-electron chi connectivity index (χ1n) is 6.29. The van der Waals surface area contributed by atoms with Gasteiger partial charge in [-0.1, -0.05) is 42.5 Å². The third kappa shape index (κ3) is 1.74. The molecular weight excluding hydrogens is 347 g/mol. The Hall–Kier alpha value is -1.55. The number of hydrogen-bond acceptors (Lipinski definition) is 1. The number of benzene rings is 3. The van der Waals surface area contributed by atoms with E-state index in [9.17, 15) is 0 Å². The number of fused-ring (bicyclic) bond motifs is 4. The molecule has 4 rings (SSSR count). The van der Waals surface area contributed by atoms with Crippen LogP contribution in [0.25, 0.3) is 10.8 Å². The van der Waals surface area contributed by atoms with Crippen LogP contribution in [-0.4, -0.2) is 0 Å². The maximum absolute atomic E-state index is 6.11. The minimum Gasteiger partial charge on any atom is -0.456 e. The van der Waals surface area contributed by atoms with E-state index in [1.165, 1.54) is 25.5 Å². The first-order valence-corrected chi connectivity index (χ1v) is 7.37. The van der Waals surface area contributed by atoms with Crippen LogP contribution >= 0.6 is 22.6 Å². The summed E-state index contributed by atoms with van der Waals surface area (Å²) in [5.74, 6) is 2.01. The zero-order valence-corrected chi connectivity index (χ0v) is 12.3. The largest absolute Gasteiger partial charge is 0.456 e. The van der Waals surface area contributed by atoms with Gasteiger partial charge in [-0.25, -0.2) is 0 Å². The molecule has 1 heterocycles. The van der Waals surface area contributed by atoms with Crippen molar-refractivity contribution in [2.75, 3.05) is 0 Å². The maximum atomic E-state index is 6.11. The Kier molecular flexibility index (Phi) is 2.52. The van der Waals surface area contributed by atoms with Gasteiger partial charge in [0.15, 0.2) is 0 Å². The predicted octanol–water partition coefficient (Wildman–Crippen LogP) is 5.14. The van der Waals surface area contributed by atoms with Crippen LogP contribution in [0.4, 0.5) is 0 Å². The van der Waals surface area contributed by atoms with Crippen LogP contribution in [0, 0.1) is 3.57 Å². The molecule has 1 nitrogen and oxygen atoms in total. The SMILES string of the molecule is Ic1cccc2c1Oc1ccc3ccccc3c1C2. The van der Waals surface area contributed by atoms with Gasteiger partial charge in [0.25, 0.3) is 0 Å². The summed E-state index contributed by atoms with van der Waals surface area (Å²) in [5, 5.41) is 2.57. The Morgan fingerprint density at radius 2 is 1.79 bits per heavy atom. The van der Waals surface area contributed by atoms with E-state index < -0.39 is 0 Å². The van der Waals surface area contributed by atoms with Crippen LogP contribution in [0.5, 0.6) is 11.5 Å². The zero-order chi connectivity index (χ0) is 12.8. The summed E-state index contributed by atoms with van der Waals surface area (Å²) in [6.07, 6.45) is 0.947. The Balaban J connectivity index is 1.97. The van der Waals surface area contributed by atoms with Crippen molar-refractivity contribution in [1.29, 1.82) is 0 Å². The van der Waals surface area contributed by atoms with Gasteiger partial charge in [-0.2, -0.15) is 0 Å². The standard InChI is InChI=1S/C17H11IO/c18-15-7-3-5-12-10-14-13-6-2-1-4-11(13)8-9-16(14)19-17(12)15/h1-9H,10H2. The van der Waals surface area contributed by atoms with Gasteiger partial charge in [0.1, 0.15) is 11.5 Å². The quantitative estimate of drug-likeness (QED) is 0.396. The van der Waals surface area contributed by atoms with E-state index in [-0.39, 0.29) is 0 Å². The monoisotopic (exact) mass is 358 g/mol. The van der Waals surface area contributed by atoms with Crippen molar-refractivity contribution in [1.82, 2.24) is 0 Å². The molecule has 0 amide bonds. The van der Waals surface area contributed by atoms with Crippen molar-refractivity contribution in [3.05, 3.63) is 69.3 Å². The van der Waals surface area contributed by atoms with Crippen molar-refractivity contribution in [2.24, 2.45) is 0 Å². The van der Waals surface area contributed by atoms with Gasteiger partial charge in [-0.15, -0.1) is 0 Å². The second-order valence-electron chi connectivity index (χ2n) is 4.77. The summed E-state index contributed by atoms with van der Waals surface area (Å²) in [4.78, 5) is 0. The highest BCUT2D eigenvalue weighted by Crippen LogP contribution is 2.41. The summed E-state index contributed by atoms with van der Waals surface area (Å²) in [6.45, 7) is 0. The lowest BCUT2D eigenvalue weighted by Crippen LogP contribution is -2.04. The van der Waals surface area contributed by atoms with Crippen LogP contribution in [0.3, 0.4) is 0 Å². The summed E-state index contributed by atoms with van der Waals surface area (Å²) in [6, 6.07) is 19.1. The molecule has 3 aromatic carbocycles. The highest BCUT2D eigenvalue weighted by molar-refractivity contribution is 14.1. The predicted molar refractivity (Wildman–Crippen MR) is 86.0 cm³/mol. The van der Waals surface area contributed by atoms with Crippen LogP contribution in [0.15, 0.2) is 54.6 Å². The molecule has 1 aliphatic heterocycles. The van der Waals surface area contributed by atoms with E-state index in [0.717, 1.165) is 17.9 Å². The highest BCUT2D eigenvalue weighted by Gasteiger charge is 2.20. The molecule has 0 unspecified atom stereocenters. The number of ether oxygens (including phenoxy) is 1. The smallest absolute Gasteiger partial charge is 0.144 e. The summed E-state index contributed by atoms with van der Waals surface area (Å²) >= 11 is 2.34. The zero-order valence-electron chi connectivity index (χ0n) is 10.2. The average Bonchev–Trinajstić information content (AvgIpc) is 2.46. The molecule has 0 saturated carbocycles. The van der Waals surface area contributed by atoms with Gasteiger partial charge in [-0.3, -0.25) is 0 Å². The molecule has 0 fully saturated rings. The normalized spacial score (nSPS) is 12.7. The minimum atomic E-state index is 0.947. The first kappa shape index (κ1) is 11.3. The number of rotatable bonds is 0. The lowest BCUT2D eigenvalue weighted by atomic mass is 9.95. The third-order valence-corrected chi connectivity index (χ3v) is 4.47. The first-order chi connectivity index (χ1) is 9.33. The van der Waals surface area contributed by atoms with Crippen molar-refractivity contribution >= 4 is 33.4 Å². The second kappa shape index (κ2) is 4.23. The minimum absolute atomic E-state index is 0.947. The fraction of sp³-hybridized carbons (Fsp3) is 0.0588. The summed E-state index contributed by atoms with van der Waals surface area (Å²) < 4.78 is 7.28. The molecule has 0 aromatic heterocycles. The Morgan fingerprint density at radius 3 is 2.74 bits per heavy atom. The van der Waals surface area contributed by atoms with Gasteiger partial charge < -0.3 is 4.74 Å². The van der Waals surface area contributed by atoms with Crippen molar-refractivity contribution in [3.8, 4) is 11.5 Å². The van der Waals surface area contributed by atoms with Gasteiger partial charge >= 0.3 is 0 Å². The van der Waals surface area contributed by atoms with Crippen LogP contribution in [-0.2, 0) is 6.42 Å². The molecule has 0 N–H and O–H groups in total. The number of hydrogen-bond donors (Lipinski definition) is 0. The molecule has 0 radical (unpaired) electrons. The van der Waals surface area contributed by atoms with Crippen molar-refractivity contribution in [2.45, 2.75) is 6.42 Å². The lowest BCUT2D eigenvalue weighted by Gasteiger charge is -2.22. The fourth-order valence-electron chi connectivity index (χ4n) is 2.70. The molecule has 2 heteroatoms. The molecular formula is C17H11IO. The second-order valence-corrected chi connectivity index (χ2v) is 5.93. The molecule has 0 aliphatic carbocycles. The Bertz CT molecular complexity index is 792.